The summed E-state index contributed by atoms with van der Waals surface area (Å²) >= 11 is 6.11. The zero-order chi connectivity index (χ0) is 26.8. The molecule has 0 spiro atoms. The van der Waals surface area contributed by atoms with Crippen LogP contribution in [0, 0.1) is 0 Å². The van der Waals surface area contributed by atoms with Crippen LogP contribution < -0.4 is 0 Å². The molecule has 0 radical (unpaired) electrons. The van der Waals surface area contributed by atoms with Gasteiger partial charge in [0.2, 0.25) is 5.76 Å². The predicted octanol–water partition coefficient (Wildman–Crippen LogP) is 3.13. The van der Waals surface area contributed by atoms with Crippen LogP contribution in [0.4, 0.5) is 0 Å². The molecule has 1 fully saturated rings. The Morgan fingerprint density at radius 2 is 1.46 bits per heavy atom. The fourth-order valence-corrected chi connectivity index (χ4v) is 4.17. The average molecular weight is 529 g/mol. The minimum atomic E-state index is -1.13. The number of piperazine rings is 1. The number of rotatable bonds is 9. The summed E-state index contributed by atoms with van der Waals surface area (Å²) in [5, 5.41) is 0.690. The molecule has 1 aliphatic rings. The van der Waals surface area contributed by atoms with E-state index < -0.39 is 29.6 Å². The summed E-state index contributed by atoms with van der Waals surface area (Å²) in [5.41, 5.74) is 2.35. The van der Waals surface area contributed by atoms with E-state index in [0.29, 0.717) is 17.6 Å². The lowest BCUT2D eigenvalue weighted by atomic mass is 9.96. The second-order valence-electron chi connectivity index (χ2n) is 8.39. The SMILES string of the molecule is CC(=O)OC(=O)/C=C(/OCCN1CCN([C@@H](c2ccccc2)c2ccc(Cl)cc2)CC1)C(=O)OC(C)=O. The van der Waals surface area contributed by atoms with Crippen LogP contribution in [0.5, 0.6) is 0 Å². The van der Waals surface area contributed by atoms with E-state index in [9.17, 15) is 19.2 Å². The minimum Gasteiger partial charge on any atom is -0.485 e. The van der Waals surface area contributed by atoms with E-state index in [1.54, 1.807) is 0 Å². The quantitative estimate of drug-likeness (QED) is 0.210. The lowest BCUT2D eigenvalue weighted by Crippen LogP contribution is -2.48. The highest BCUT2D eigenvalue weighted by Crippen LogP contribution is 2.30. The van der Waals surface area contributed by atoms with Crippen LogP contribution in [0.25, 0.3) is 0 Å². The summed E-state index contributed by atoms with van der Waals surface area (Å²) in [6, 6.07) is 18.3. The second kappa shape index (κ2) is 13.7. The monoisotopic (exact) mass is 528 g/mol. The number of nitrogens with zero attached hydrogens (tertiary/aromatic N) is 2. The van der Waals surface area contributed by atoms with Crippen molar-refractivity contribution in [3.63, 3.8) is 0 Å². The van der Waals surface area contributed by atoms with Gasteiger partial charge in [0.25, 0.3) is 0 Å². The number of hydrogen-bond donors (Lipinski definition) is 0. The van der Waals surface area contributed by atoms with E-state index >= 15 is 0 Å². The van der Waals surface area contributed by atoms with Crippen LogP contribution in [0.1, 0.15) is 31.0 Å². The Morgan fingerprint density at radius 1 is 0.865 bits per heavy atom. The molecule has 3 rings (SSSR count). The summed E-state index contributed by atoms with van der Waals surface area (Å²) in [5.74, 6) is -4.43. The van der Waals surface area contributed by atoms with Gasteiger partial charge in [-0.05, 0) is 23.3 Å². The van der Waals surface area contributed by atoms with Crippen molar-refractivity contribution in [3.05, 3.63) is 82.6 Å². The van der Waals surface area contributed by atoms with Gasteiger partial charge in [-0.25, -0.2) is 9.59 Å². The summed E-state index contributed by atoms with van der Waals surface area (Å²) < 4.78 is 14.3. The topological polar surface area (TPSA) is 102 Å². The molecule has 0 aromatic heterocycles. The maximum Gasteiger partial charge on any atom is 0.381 e. The van der Waals surface area contributed by atoms with Crippen molar-refractivity contribution in [1.29, 1.82) is 0 Å². The zero-order valence-corrected chi connectivity index (χ0v) is 21.5. The predicted molar refractivity (Wildman–Crippen MR) is 135 cm³/mol. The summed E-state index contributed by atoms with van der Waals surface area (Å²) in [7, 11) is 0. The van der Waals surface area contributed by atoms with Gasteiger partial charge >= 0.3 is 23.9 Å². The zero-order valence-electron chi connectivity index (χ0n) is 20.7. The van der Waals surface area contributed by atoms with Crippen LogP contribution in [0.3, 0.4) is 0 Å². The Bertz CT molecular complexity index is 1130. The summed E-state index contributed by atoms with van der Waals surface area (Å²) in [4.78, 5) is 50.5. The van der Waals surface area contributed by atoms with Crippen molar-refractivity contribution in [3.8, 4) is 0 Å². The van der Waals surface area contributed by atoms with E-state index in [1.807, 2.05) is 42.5 Å². The van der Waals surface area contributed by atoms with Crippen molar-refractivity contribution in [2.45, 2.75) is 19.9 Å². The molecule has 0 N–H and O–H groups in total. The van der Waals surface area contributed by atoms with Crippen LogP contribution in [-0.2, 0) is 33.4 Å². The van der Waals surface area contributed by atoms with Gasteiger partial charge in [0.05, 0.1) is 12.1 Å². The van der Waals surface area contributed by atoms with Crippen molar-refractivity contribution < 1.29 is 33.4 Å². The van der Waals surface area contributed by atoms with Gasteiger partial charge in [0, 0.05) is 51.6 Å². The van der Waals surface area contributed by atoms with Crippen molar-refractivity contribution in [1.82, 2.24) is 9.80 Å². The highest BCUT2D eigenvalue weighted by molar-refractivity contribution is 6.30. The molecule has 1 atom stereocenters. The smallest absolute Gasteiger partial charge is 0.381 e. The normalized spacial score (nSPS) is 15.5. The Labute approximate surface area is 220 Å². The minimum absolute atomic E-state index is 0.0610. The molecule has 0 aliphatic carbocycles. The second-order valence-corrected chi connectivity index (χ2v) is 8.83. The fraction of sp³-hybridized carbons (Fsp3) is 0.333. The first-order chi connectivity index (χ1) is 17.7. The van der Waals surface area contributed by atoms with Crippen molar-refractivity contribution >= 4 is 35.5 Å². The third-order valence-electron chi connectivity index (χ3n) is 5.67. The Morgan fingerprint density at radius 3 is 2.05 bits per heavy atom. The molecule has 2 aromatic rings. The molecular weight excluding hydrogens is 500 g/mol. The highest BCUT2D eigenvalue weighted by Gasteiger charge is 2.27. The molecule has 1 heterocycles. The number of hydrogen-bond acceptors (Lipinski definition) is 9. The number of carbonyl (C=O) groups is 4. The molecule has 1 saturated heterocycles. The standard InChI is InChI=1S/C27H29ClN2O7/c1-19(31)36-25(33)18-24(27(34)37-20(2)32)35-17-16-29-12-14-30(15-13-29)26(21-6-4-3-5-7-21)22-8-10-23(28)11-9-22/h3-11,18,26H,12-17H2,1-2H3/b24-18+/t26-/m0/s1. The number of esters is 4. The average Bonchev–Trinajstić information content (AvgIpc) is 2.85. The van der Waals surface area contributed by atoms with Gasteiger partial charge < -0.3 is 14.2 Å². The Kier molecular flexibility index (Phi) is 10.4. The Hall–Kier alpha value is -3.53. The maximum atomic E-state index is 12.1. The van der Waals surface area contributed by atoms with Crippen LogP contribution in [0.15, 0.2) is 66.4 Å². The first kappa shape index (κ1) is 28.0. The Balaban J connectivity index is 1.60. The third-order valence-corrected chi connectivity index (χ3v) is 5.92. The molecule has 0 amide bonds. The lowest BCUT2D eigenvalue weighted by Gasteiger charge is -2.39. The molecule has 0 unspecified atom stereocenters. The van der Waals surface area contributed by atoms with E-state index in [1.165, 1.54) is 5.56 Å². The number of halogens is 1. The molecule has 2 aromatic carbocycles. The maximum absolute atomic E-state index is 12.1. The molecule has 1 aliphatic heterocycles. The molecule has 0 saturated carbocycles. The first-order valence-corrected chi connectivity index (χ1v) is 12.2. The van der Waals surface area contributed by atoms with E-state index in [2.05, 4.69) is 31.4 Å². The van der Waals surface area contributed by atoms with Gasteiger partial charge in [-0.2, -0.15) is 0 Å². The van der Waals surface area contributed by atoms with Crippen LogP contribution in [0.2, 0.25) is 5.02 Å². The van der Waals surface area contributed by atoms with E-state index in [0.717, 1.165) is 45.6 Å². The first-order valence-electron chi connectivity index (χ1n) is 11.8. The third kappa shape index (κ3) is 8.82. The number of ether oxygens (including phenoxy) is 3. The highest BCUT2D eigenvalue weighted by atomic mass is 35.5. The molecule has 37 heavy (non-hydrogen) atoms. The lowest BCUT2D eigenvalue weighted by molar-refractivity contribution is -0.160. The summed E-state index contributed by atoms with van der Waals surface area (Å²) in [6.45, 7) is 5.73. The number of carbonyl (C=O) groups excluding carboxylic acids is 4. The van der Waals surface area contributed by atoms with Gasteiger partial charge in [-0.3, -0.25) is 19.4 Å². The van der Waals surface area contributed by atoms with Crippen LogP contribution >= 0.6 is 11.6 Å². The molecule has 10 heteroatoms. The molecule has 0 bridgehead atoms. The number of benzene rings is 2. The van der Waals surface area contributed by atoms with Crippen molar-refractivity contribution in [2.75, 3.05) is 39.3 Å². The summed E-state index contributed by atoms with van der Waals surface area (Å²) in [6.07, 6.45) is 0.696. The van der Waals surface area contributed by atoms with Gasteiger partial charge in [0.1, 0.15) is 6.61 Å². The van der Waals surface area contributed by atoms with Gasteiger partial charge in [0.15, 0.2) is 0 Å². The van der Waals surface area contributed by atoms with Crippen LogP contribution in [-0.4, -0.2) is 73.0 Å². The van der Waals surface area contributed by atoms with Gasteiger partial charge in [-0.1, -0.05) is 54.1 Å². The van der Waals surface area contributed by atoms with Gasteiger partial charge in [-0.15, -0.1) is 0 Å². The molecular formula is C27H29ClN2O7. The molecule has 9 nitrogen and oxygen atoms in total. The van der Waals surface area contributed by atoms with Crippen molar-refractivity contribution in [2.24, 2.45) is 0 Å². The van der Waals surface area contributed by atoms with E-state index in [4.69, 9.17) is 16.3 Å². The van der Waals surface area contributed by atoms with E-state index in [-0.39, 0.29) is 12.6 Å². The fourth-order valence-electron chi connectivity index (χ4n) is 4.04. The largest absolute Gasteiger partial charge is 0.485 e. The molecule has 196 valence electrons.